The molecule has 1 aliphatic rings. The van der Waals surface area contributed by atoms with E-state index >= 15 is 0 Å². The number of anilines is 2. The largest absolute Gasteiger partial charge is 0.357 e. The first kappa shape index (κ1) is 17.1. The van der Waals surface area contributed by atoms with E-state index < -0.39 is 12.3 Å². The normalized spacial score (nSPS) is 19.4. The molecule has 0 aliphatic carbocycles. The zero-order chi connectivity index (χ0) is 17.6. The number of benzene rings is 1. The Balaban J connectivity index is 1.81. The standard InChI is InChI=1S/C18H20N4O3/c1-2-13-11-25-17(20-13)16-12(10-23)6-5-7-14(16)21-18(24)22-15-8-3-4-9-19-15/h3-10,13,17,20H,2,11H2,1H3,(H2,19,21,22,24)/t13-,17?/m0/s1. The Labute approximate surface area is 145 Å². The fraction of sp³-hybridized carbons (Fsp3) is 0.278. The molecule has 25 heavy (non-hydrogen) atoms. The summed E-state index contributed by atoms with van der Waals surface area (Å²) in [6.07, 6.45) is 2.84. The van der Waals surface area contributed by atoms with Gasteiger partial charge in [-0.3, -0.25) is 15.4 Å². The van der Waals surface area contributed by atoms with Gasteiger partial charge >= 0.3 is 6.03 Å². The molecule has 2 aromatic rings. The summed E-state index contributed by atoms with van der Waals surface area (Å²) in [6.45, 7) is 2.63. The number of hydrogen-bond donors (Lipinski definition) is 3. The van der Waals surface area contributed by atoms with Crippen molar-refractivity contribution in [3.63, 3.8) is 0 Å². The van der Waals surface area contributed by atoms with E-state index in [1.165, 1.54) is 0 Å². The second-order valence-electron chi connectivity index (χ2n) is 5.71. The molecule has 0 spiro atoms. The van der Waals surface area contributed by atoms with Gasteiger partial charge < -0.3 is 10.1 Å². The average molecular weight is 340 g/mol. The summed E-state index contributed by atoms with van der Waals surface area (Å²) in [4.78, 5) is 27.7. The maximum absolute atomic E-state index is 12.3. The molecule has 130 valence electrons. The molecule has 3 N–H and O–H groups in total. The highest BCUT2D eigenvalue weighted by Gasteiger charge is 2.28. The van der Waals surface area contributed by atoms with E-state index in [9.17, 15) is 9.59 Å². The molecule has 1 aromatic heterocycles. The number of aromatic nitrogens is 1. The molecule has 7 nitrogen and oxygen atoms in total. The van der Waals surface area contributed by atoms with Crippen LogP contribution in [0, 0.1) is 0 Å². The van der Waals surface area contributed by atoms with E-state index in [1.54, 1.807) is 42.6 Å². The van der Waals surface area contributed by atoms with Crippen LogP contribution >= 0.6 is 0 Å². The lowest BCUT2D eigenvalue weighted by molar-refractivity contribution is 0.0982. The lowest BCUT2D eigenvalue weighted by Crippen LogP contribution is -2.27. The Hall–Kier alpha value is -2.77. The number of urea groups is 1. The van der Waals surface area contributed by atoms with Crippen LogP contribution in [0.15, 0.2) is 42.6 Å². The molecule has 0 radical (unpaired) electrons. The molecule has 7 heteroatoms. The molecule has 1 unspecified atom stereocenters. The summed E-state index contributed by atoms with van der Waals surface area (Å²) in [6, 6.07) is 10.2. The summed E-state index contributed by atoms with van der Waals surface area (Å²) in [5, 5.41) is 8.76. The highest BCUT2D eigenvalue weighted by Crippen LogP contribution is 2.30. The molecule has 3 rings (SSSR count). The van der Waals surface area contributed by atoms with Gasteiger partial charge in [0.1, 0.15) is 12.0 Å². The van der Waals surface area contributed by atoms with Crippen LogP contribution in [0.5, 0.6) is 0 Å². The van der Waals surface area contributed by atoms with Gasteiger partial charge in [0, 0.05) is 23.4 Å². The van der Waals surface area contributed by atoms with Crippen LogP contribution in [0.4, 0.5) is 16.3 Å². The monoisotopic (exact) mass is 340 g/mol. The van der Waals surface area contributed by atoms with E-state index in [1.807, 2.05) is 0 Å². The van der Waals surface area contributed by atoms with Crippen LogP contribution < -0.4 is 16.0 Å². The van der Waals surface area contributed by atoms with E-state index in [0.29, 0.717) is 29.2 Å². The predicted molar refractivity (Wildman–Crippen MR) is 94.6 cm³/mol. The summed E-state index contributed by atoms with van der Waals surface area (Å²) in [7, 11) is 0. The van der Waals surface area contributed by atoms with Crippen molar-refractivity contribution in [3.8, 4) is 0 Å². The fourth-order valence-electron chi connectivity index (χ4n) is 2.72. The van der Waals surface area contributed by atoms with E-state index in [-0.39, 0.29) is 6.04 Å². The van der Waals surface area contributed by atoms with Gasteiger partial charge in [-0.15, -0.1) is 0 Å². The van der Waals surface area contributed by atoms with Crippen LogP contribution in [0.3, 0.4) is 0 Å². The molecule has 0 saturated carbocycles. The summed E-state index contributed by atoms with van der Waals surface area (Å²) in [5.74, 6) is 0.439. The molecule has 2 atom stereocenters. The number of amides is 2. The number of carbonyl (C=O) groups excluding carboxylic acids is 2. The van der Waals surface area contributed by atoms with Crippen molar-refractivity contribution in [1.29, 1.82) is 0 Å². The molecule has 2 heterocycles. The zero-order valence-corrected chi connectivity index (χ0v) is 13.9. The van der Waals surface area contributed by atoms with Crippen molar-refractivity contribution >= 4 is 23.8 Å². The fourth-order valence-corrected chi connectivity index (χ4v) is 2.72. The van der Waals surface area contributed by atoms with E-state index in [4.69, 9.17) is 4.74 Å². The molecule has 1 aromatic carbocycles. The number of rotatable bonds is 5. The van der Waals surface area contributed by atoms with Crippen molar-refractivity contribution in [2.45, 2.75) is 25.6 Å². The number of carbonyl (C=O) groups is 2. The third-order valence-electron chi connectivity index (χ3n) is 4.03. The van der Waals surface area contributed by atoms with Gasteiger partial charge in [-0.1, -0.05) is 25.1 Å². The lowest BCUT2D eigenvalue weighted by Gasteiger charge is -2.19. The molecule has 1 saturated heterocycles. The Morgan fingerprint density at radius 2 is 2.20 bits per heavy atom. The zero-order valence-electron chi connectivity index (χ0n) is 13.9. The van der Waals surface area contributed by atoms with Gasteiger partial charge in [0.25, 0.3) is 0 Å². The SMILES string of the molecule is CC[C@H]1COC(c2c(C=O)cccc2NC(=O)Nc2ccccn2)N1. The number of ether oxygens (including phenoxy) is 1. The minimum Gasteiger partial charge on any atom is -0.357 e. The second-order valence-corrected chi connectivity index (χ2v) is 5.71. The lowest BCUT2D eigenvalue weighted by atomic mass is 10.0. The predicted octanol–water partition coefficient (Wildman–Crippen LogP) is 2.94. The minimum absolute atomic E-state index is 0.222. The number of hydrogen-bond acceptors (Lipinski definition) is 5. The topological polar surface area (TPSA) is 92.3 Å². The van der Waals surface area contributed by atoms with Crippen molar-refractivity contribution in [2.24, 2.45) is 0 Å². The summed E-state index contributed by atoms with van der Waals surface area (Å²) < 4.78 is 5.77. The van der Waals surface area contributed by atoms with Crippen LogP contribution in [0.2, 0.25) is 0 Å². The Morgan fingerprint density at radius 3 is 2.88 bits per heavy atom. The van der Waals surface area contributed by atoms with Gasteiger partial charge in [0.15, 0.2) is 6.29 Å². The summed E-state index contributed by atoms with van der Waals surface area (Å²) in [5.41, 5.74) is 1.63. The molecular weight excluding hydrogens is 320 g/mol. The van der Waals surface area contributed by atoms with Gasteiger partial charge in [-0.25, -0.2) is 9.78 Å². The van der Waals surface area contributed by atoms with E-state index in [0.717, 1.165) is 12.7 Å². The van der Waals surface area contributed by atoms with Crippen LogP contribution in [0.1, 0.15) is 35.5 Å². The van der Waals surface area contributed by atoms with Gasteiger partial charge in [-0.05, 0) is 24.6 Å². The Kier molecular flexibility index (Phi) is 5.37. The van der Waals surface area contributed by atoms with Crippen molar-refractivity contribution < 1.29 is 14.3 Å². The highest BCUT2D eigenvalue weighted by atomic mass is 16.5. The third-order valence-corrected chi connectivity index (χ3v) is 4.03. The first-order valence-electron chi connectivity index (χ1n) is 8.16. The summed E-state index contributed by atoms with van der Waals surface area (Å²) >= 11 is 0. The third kappa shape index (κ3) is 4.01. The van der Waals surface area contributed by atoms with Crippen LogP contribution in [-0.4, -0.2) is 29.9 Å². The molecule has 2 amide bonds. The molecule has 1 aliphatic heterocycles. The Morgan fingerprint density at radius 1 is 1.32 bits per heavy atom. The quantitative estimate of drug-likeness (QED) is 0.728. The van der Waals surface area contributed by atoms with Gasteiger partial charge in [-0.2, -0.15) is 0 Å². The maximum atomic E-state index is 12.3. The second kappa shape index (κ2) is 7.87. The number of aldehydes is 1. The van der Waals surface area contributed by atoms with E-state index in [2.05, 4.69) is 27.9 Å². The Bertz CT molecular complexity index is 751. The average Bonchev–Trinajstić information content (AvgIpc) is 3.11. The molecule has 1 fully saturated rings. The number of nitrogens with zero attached hydrogens (tertiary/aromatic N) is 1. The first-order chi connectivity index (χ1) is 12.2. The van der Waals surface area contributed by atoms with Crippen LogP contribution in [-0.2, 0) is 4.74 Å². The smallest absolute Gasteiger partial charge is 0.324 e. The van der Waals surface area contributed by atoms with Crippen LogP contribution in [0.25, 0.3) is 0 Å². The number of pyridine rings is 1. The van der Waals surface area contributed by atoms with Gasteiger partial charge in [0.2, 0.25) is 0 Å². The highest BCUT2D eigenvalue weighted by molar-refractivity contribution is 6.00. The van der Waals surface area contributed by atoms with Crippen molar-refractivity contribution in [3.05, 3.63) is 53.7 Å². The molecular formula is C18H20N4O3. The van der Waals surface area contributed by atoms with Gasteiger partial charge in [0.05, 0.1) is 12.3 Å². The number of nitrogens with one attached hydrogen (secondary N) is 3. The maximum Gasteiger partial charge on any atom is 0.324 e. The van der Waals surface area contributed by atoms with Crippen molar-refractivity contribution in [1.82, 2.24) is 10.3 Å². The first-order valence-corrected chi connectivity index (χ1v) is 8.16. The molecule has 0 bridgehead atoms. The minimum atomic E-state index is -0.437. The van der Waals surface area contributed by atoms with Crippen molar-refractivity contribution in [2.75, 3.05) is 17.2 Å².